The molecule has 0 aliphatic carbocycles. The third-order valence-electron chi connectivity index (χ3n) is 7.72. The lowest BCUT2D eigenvalue weighted by Crippen LogP contribution is -2.34. The first kappa shape index (κ1) is 28.0. The molecule has 1 saturated heterocycles. The summed E-state index contributed by atoms with van der Waals surface area (Å²) in [5.74, 6) is 1.70. The van der Waals surface area contributed by atoms with Crippen LogP contribution in [0.2, 0.25) is 0 Å². The molecular formula is C33H46N2O. The SMILES string of the molecule is CN1CCC(CC(C)(c2ccccc2)c2ccccc2)CC1.COc1ccc(C(C)(C)C)cc1CN. The van der Waals surface area contributed by atoms with Crippen LogP contribution < -0.4 is 10.5 Å². The zero-order valence-electron chi connectivity index (χ0n) is 23.3. The van der Waals surface area contributed by atoms with Crippen molar-refractivity contribution in [2.45, 2.75) is 64.3 Å². The summed E-state index contributed by atoms with van der Waals surface area (Å²) in [5.41, 5.74) is 11.2. The molecule has 1 fully saturated rings. The summed E-state index contributed by atoms with van der Waals surface area (Å²) in [5, 5.41) is 0. The molecule has 194 valence electrons. The first-order valence-corrected chi connectivity index (χ1v) is 13.3. The van der Waals surface area contributed by atoms with Crippen molar-refractivity contribution in [2.24, 2.45) is 11.7 Å². The highest BCUT2D eigenvalue weighted by Crippen LogP contribution is 2.40. The van der Waals surface area contributed by atoms with Crippen LogP contribution in [-0.2, 0) is 17.4 Å². The van der Waals surface area contributed by atoms with E-state index in [4.69, 9.17) is 10.5 Å². The summed E-state index contributed by atoms with van der Waals surface area (Å²) in [6, 6.07) is 28.3. The van der Waals surface area contributed by atoms with Crippen molar-refractivity contribution in [3.05, 3.63) is 101 Å². The molecule has 0 saturated carbocycles. The number of hydrogen-bond acceptors (Lipinski definition) is 3. The summed E-state index contributed by atoms with van der Waals surface area (Å²) in [6.45, 7) is 12.0. The fourth-order valence-corrected chi connectivity index (χ4v) is 5.26. The minimum Gasteiger partial charge on any atom is -0.496 e. The van der Waals surface area contributed by atoms with Crippen LogP contribution in [0, 0.1) is 5.92 Å². The van der Waals surface area contributed by atoms with Gasteiger partial charge in [-0.1, -0.05) is 100 Å². The minimum atomic E-state index is 0.114. The Bertz CT molecular complexity index is 1010. The number of piperidine rings is 1. The van der Waals surface area contributed by atoms with Crippen molar-refractivity contribution in [2.75, 3.05) is 27.2 Å². The summed E-state index contributed by atoms with van der Waals surface area (Å²) in [7, 11) is 3.91. The largest absolute Gasteiger partial charge is 0.496 e. The molecule has 0 bridgehead atoms. The Morgan fingerprint density at radius 3 is 1.78 bits per heavy atom. The van der Waals surface area contributed by atoms with Gasteiger partial charge in [-0.15, -0.1) is 0 Å². The van der Waals surface area contributed by atoms with Crippen LogP contribution in [0.5, 0.6) is 5.75 Å². The highest BCUT2D eigenvalue weighted by molar-refractivity contribution is 5.40. The van der Waals surface area contributed by atoms with Crippen LogP contribution in [0.1, 0.15) is 69.2 Å². The van der Waals surface area contributed by atoms with E-state index in [9.17, 15) is 0 Å². The predicted octanol–water partition coefficient (Wildman–Crippen LogP) is 7.18. The summed E-state index contributed by atoms with van der Waals surface area (Å²) in [4.78, 5) is 2.46. The Balaban J connectivity index is 0.000000223. The first-order chi connectivity index (χ1) is 17.2. The van der Waals surface area contributed by atoms with E-state index in [-0.39, 0.29) is 10.8 Å². The molecule has 1 heterocycles. The van der Waals surface area contributed by atoms with Gasteiger partial charge < -0.3 is 15.4 Å². The van der Waals surface area contributed by atoms with Crippen LogP contribution in [0.15, 0.2) is 78.9 Å². The van der Waals surface area contributed by atoms with Crippen LogP contribution in [0.4, 0.5) is 0 Å². The van der Waals surface area contributed by atoms with Crippen molar-refractivity contribution in [3.8, 4) is 5.75 Å². The molecular weight excluding hydrogens is 440 g/mol. The molecule has 4 rings (SSSR count). The lowest BCUT2D eigenvalue weighted by atomic mass is 9.69. The average Bonchev–Trinajstić information content (AvgIpc) is 2.90. The van der Waals surface area contributed by atoms with Gasteiger partial charge in [-0.25, -0.2) is 0 Å². The summed E-state index contributed by atoms with van der Waals surface area (Å²) < 4.78 is 5.22. The molecule has 3 aromatic carbocycles. The van der Waals surface area contributed by atoms with E-state index in [2.05, 4.69) is 112 Å². The number of methoxy groups -OCH3 is 1. The Morgan fingerprint density at radius 2 is 1.33 bits per heavy atom. The lowest BCUT2D eigenvalue weighted by molar-refractivity contribution is 0.196. The van der Waals surface area contributed by atoms with Crippen LogP contribution >= 0.6 is 0 Å². The Morgan fingerprint density at radius 1 is 0.806 bits per heavy atom. The highest BCUT2D eigenvalue weighted by Gasteiger charge is 2.32. The molecule has 3 heteroatoms. The standard InChI is InChI=1S/C21H27N.C12H19NO/c1-21(19-9-5-3-6-10-19,20-11-7-4-8-12-20)17-18-13-15-22(2)16-14-18;1-12(2,3)10-5-6-11(14-4)9(7-10)8-13/h3-12,18H,13-17H2,1-2H3;5-7H,8,13H2,1-4H3. The first-order valence-electron chi connectivity index (χ1n) is 13.3. The second-order valence-electron chi connectivity index (χ2n) is 11.5. The topological polar surface area (TPSA) is 38.5 Å². The number of benzene rings is 3. The summed E-state index contributed by atoms with van der Waals surface area (Å²) in [6.07, 6.45) is 3.90. The average molecular weight is 487 g/mol. The van der Waals surface area contributed by atoms with E-state index in [0.29, 0.717) is 6.54 Å². The van der Waals surface area contributed by atoms with Gasteiger partial charge in [0.2, 0.25) is 0 Å². The van der Waals surface area contributed by atoms with Gasteiger partial charge in [-0.3, -0.25) is 0 Å². The molecule has 3 aromatic rings. The third kappa shape index (κ3) is 7.21. The molecule has 2 N–H and O–H groups in total. The number of hydrogen-bond donors (Lipinski definition) is 1. The monoisotopic (exact) mass is 486 g/mol. The Kier molecular flexibility index (Phi) is 9.76. The van der Waals surface area contributed by atoms with Crippen LogP contribution in [0.3, 0.4) is 0 Å². The van der Waals surface area contributed by atoms with E-state index < -0.39 is 0 Å². The normalized spacial score (nSPS) is 15.2. The maximum atomic E-state index is 5.66. The number of ether oxygens (including phenoxy) is 1. The lowest BCUT2D eigenvalue weighted by Gasteiger charge is -2.38. The van der Waals surface area contributed by atoms with E-state index in [1.54, 1.807) is 7.11 Å². The quantitative estimate of drug-likeness (QED) is 0.401. The van der Waals surface area contributed by atoms with Crippen molar-refractivity contribution < 1.29 is 4.74 Å². The van der Waals surface area contributed by atoms with Gasteiger partial charge in [0.15, 0.2) is 0 Å². The number of likely N-dealkylation sites (tertiary alicyclic amines) is 1. The molecule has 1 aliphatic heterocycles. The molecule has 0 atom stereocenters. The van der Waals surface area contributed by atoms with Gasteiger partial charge in [0.25, 0.3) is 0 Å². The van der Waals surface area contributed by atoms with Crippen molar-refractivity contribution in [3.63, 3.8) is 0 Å². The fraction of sp³-hybridized carbons (Fsp3) is 0.455. The van der Waals surface area contributed by atoms with E-state index in [0.717, 1.165) is 17.2 Å². The fourth-order valence-electron chi connectivity index (χ4n) is 5.26. The van der Waals surface area contributed by atoms with Crippen molar-refractivity contribution in [1.29, 1.82) is 0 Å². The maximum absolute atomic E-state index is 5.66. The van der Waals surface area contributed by atoms with Crippen molar-refractivity contribution in [1.82, 2.24) is 4.90 Å². The number of nitrogens with two attached hydrogens (primary N) is 1. The smallest absolute Gasteiger partial charge is 0.123 e. The van der Waals surface area contributed by atoms with Crippen LogP contribution in [0.25, 0.3) is 0 Å². The van der Waals surface area contributed by atoms with Gasteiger partial charge >= 0.3 is 0 Å². The molecule has 0 spiro atoms. The minimum absolute atomic E-state index is 0.114. The van der Waals surface area contributed by atoms with E-state index in [1.165, 1.54) is 49.0 Å². The second-order valence-corrected chi connectivity index (χ2v) is 11.5. The van der Waals surface area contributed by atoms with Gasteiger partial charge in [-0.05, 0) is 73.5 Å². The van der Waals surface area contributed by atoms with Gasteiger partial charge in [0, 0.05) is 17.5 Å². The third-order valence-corrected chi connectivity index (χ3v) is 7.72. The Labute approximate surface area is 219 Å². The molecule has 0 amide bonds. The van der Waals surface area contributed by atoms with Gasteiger partial charge in [0.05, 0.1) is 7.11 Å². The predicted molar refractivity (Wildman–Crippen MR) is 154 cm³/mol. The molecule has 0 radical (unpaired) electrons. The van der Waals surface area contributed by atoms with Crippen molar-refractivity contribution >= 4 is 0 Å². The molecule has 0 unspecified atom stereocenters. The molecule has 1 aliphatic rings. The molecule has 3 nitrogen and oxygen atoms in total. The van der Waals surface area contributed by atoms with Crippen LogP contribution in [-0.4, -0.2) is 32.1 Å². The number of nitrogens with zero attached hydrogens (tertiary/aromatic N) is 1. The zero-order valence-corrected chi connectivity index (χ0v) is 23.3. The van der Waals surface area contributed by atoms with E-state index in [1.807, 2.05) is 6.07 Å². The Hall–Kier alpha value is -2.62. The summed E-state index contributed by atoms with van der Waals surface area (Å²) >= 11 is 0. The van der Waals surface area contributed by atoms with Gasteiger partial charge in [-0.2, -0.15) is 0 Å². The molecule has 36 heavy (non-hydrogen) atoms. The zero-order chi connectivity index (χ0) is 26.2. The van der Waals surface area contributed by atoms with E-state index >= 15 is 0 Å². The maximum Gasteiger partial charge on any atom is 0.123 e. The van der Waals surface area contributed by atoms with Gasteiger partial charge in [0.1, 0.15) is 5.75 Å². The highest BCUT2D eigenvalue weighted by atomic mass is 16.5. The second kappa shape index (κ2) is 12.6. The number of rotatable bonds is 6. The molecule has 0 aromatic heterocycles.